The summed E-state index contributed by atoms with van der Waals surface area (Å²) < 4.78 is 6.29. The van der Waals surface area contributed by atoms with E-state index in [2.05, 4.69) is 27.8 Å². The Balaban J connectivity index is 0.000000151. The normalized spacial score (nSPS) is 16.7. The number of halogens is 1. The van der Waals surface area contributed by atoms with Gasteiger partial charge in [0.15, 0.2) is 0 Å². The minimum Gasteiger partial charge on any atom is -0.379 e. The molecule has 15 heavy (non-hydrogen) atoms. The molecule has 1 aliphatic rings. The minimum absolute atomic E-state index is 0.924. The predicted octanol–water partition coefficient (Wildman–Crippen LogP) is 2.79. The molecule has 1 heterocycles. The SMILES string of the molecule is Brc1ccccc1.CCN1CCOCC1. The van der Waals surface area contributed by atoms with Gasteiger partial charge in [-0.05, 0) is 18.7 Å². The van der Waals surface area contributed by atoms with Crippen LogP contribution in [0.1, 0.15) is 6.92 Å². The summed E-state index contributed by atoms with van der Waals surface area (Å²) in [6.07, 6.45) is 0. The topological polar surface area (TPSA) is 12.5 Å². The van der Waals surface area contributed by atoms with E-state index in [4.69, 9.17) is 4.74 Å². The molecule has 0 spiro atoms. The van der Waals surface area contributed by atoms with Crippen LogP contribution in [-0.2, 0) is 4.74 Å². The summed E-state index contributed by atoms with van der Waals surface area (Å²) in [5.41, 5.74) is 0. The lowest BCUT2D eigenvalue weighted by Gasteiger charge is -2.24. The molecule has 0 amide bonds. The largest absolute Gasteiger partial charge is 0.379 e. The molecule has 2 nitrogen and oxygen atoms in total. The second kappa shape index (κ2) is 7.85. The number of hydrogen-bond donors (Lipinski definition) is 0. The average molecular weight is 272 g/mol. The van der Waals surface area contributed by atoms with Gasteiger partial charge in [0.25, 0.3) is 0 Å². The van der Waals surface area contributed by atoms with Crippen molar-refractivity contribution in [1.29, 1.82) is 0 Å². The molecule has 1 aromatic rings. The maximum absolute atomic E-state index is 5.16. The first kappa shape index (κ1) is 12.7. The van der Waals surface area contributed by atoms with Gasteiger partial charge in [-0.15, -0.1) is 0 Å². The van der Waals surface area contributed by atoms with Gasteiger partial charge in [0, 0.05) is 17.6 Å². The van der Waals surface area contributed by atoms with E-state index in [9.17, 15) is 0 Å². The third-order valence-corrected chi connectivity index (χ3v) is 2.81. The van der Waals surface area contributed by atoms with Gasteiger partial charge in [-0.2, -0.15) is 0 Å². The Labute approximate surface area is 100 Å². The summed E-state index contributed by atoms with van der Waals surface area (Å²) in [4.78, 5) is 2.39. The van der Waals surface area contributed by atoms with E-state index in [0.717, 1.165) is 30.8 Å². The van der Waals surface area contributed by atoms with Crippen LogP contribution in [0, 0.1) is 0 Å². The summed E-state index contributed by atoms with van der Waals surface area (Å²) in [6, 6.07) is 9.97. The number of ether oxygens (including phenoxy) is 1. The van der Waals surface area contributed by atoms with Crippen LogP contribution in [0.15, 0.2) is 34.8 Å². The van der Waals surface area contributed by atoms with Crippen molar-refractivity contribution in [1.82, 2.24) is 4.90 Å². The lowest BCUT2D eigenvalue weighted by atomic mass is 10.4. The van der Waals surface area contributed by atoms with Gasteiger partial charge in [-0.1, -0.05) is 41.1 Å². The number of rotatable bonds is 1. The number of nitrogens with zero attached hydrogens (tertiary/aromatic N) is 1. The van der Waals surface area contributed by atoms with Crippen molar-refractivity contribution in [3.05, 3.63) is 34.8 Å². The fourth-order valence-electron chi connectivity index (χ4n) is 1.33. The highest BCUT2D eigenvalue weighted by atomic mass is 79.9. The van der Waals surface area contributed by atoms with Crippen molar-refractivity contribution in [2.75, 3.05) is 32.8 Å². The predicted molar refractivity (Wildman–Crippen MR) is 67.1 cm³/mol. The molecular weight excluding hydrogens is 254 g/mol. The number of morpholine rings is 1. The molecule has 0 radical (unpaired) electrons. The van der Waals surface area contributed by atoms with Crippen molar-refractivity contribution in [2.45, 2.75) is 6.92 Å². The summed E-state index contributed by atoms with van der Waals surface area (Å²) in [7, 11) is 0. The molecule has 0 saturated carbocycles. The highest BCUT2D eigenvalue weighted by molar-refractivity contribution is 9.10. The Morgan fingerprint density at radius 2 is 1.80 bits per heavy atom. The molecule has 1 aliphatic heterocycles. The second-order valence-corrected chi connectivity index (χ2v) is 4.26. The second-order valence-electron chi connectivity index (χ2n) is 3.34. The van der Waals surface area contributed by atoms with Crippen molar-refractivity contribution in [2.24, 2.45) is 0 Å². The first-order valence-corrected chi connectivity index (χ1v) is 6.13. The molecule has 0 bridgehead atoms. The Morgan fingerprint density at radius 1 is 1.20 bits per heavy atom. The maximum Gasteiger partial charge on any atom is 0.0594 e. The number of hydrogen-bond acceptors (Lipinski definition) is 2. The molecule has 0 atom stereocenters. The quantitative estimate of drug-likeness (QED) is 0.779. The number of benzene rings is 1. The molecule has 0 aliphatic carbocycles. The van der Waals surface area contributed by atoms with Crippen LogP contribution in [0.5, 0.6) is 0 Å². The van der Waals surface area contributed by atoms with Crippen molar-refractivity contribution in [3.63, 3.8) is 0 Å². The minimum atomic E-state index is 0.924. The van der Waals surface area contributed by atoms with Gasteiger partial charge < -0.3 is 4.74 Å². The zero-order valence-electron chi connectivity index (χ0n) is 9.16. The van der Waals surface area contributed by atoms with E-state index < -0.39 is 0 Å². The monoisotopic (exact) mass is 271 g/mol. The summed E-state index contributed by atoms with van der Waals surface area (Å²) in [5.74, 6) is 0. The van der Waals surface area contributed by atoms with Gasteiger partial charge in [0.1, 0.15) is 0 Å². The summed E-state index contributed by atoms with van der Waals surface area (Å²) >= 11 is 3.31. The lowest BCUT2D eigenvalue weighted by molar-refractivity contribution is 0.0405. The van der Waals surface area contributed by atoms with E-state index >= 15 is 0 Å². The van der Waals surface area contributed by atoms with Crippen LogP contribution >= 0.6 is 15.9 Å². The van der Waals surface area contributed by atoms with Crippen LogP contribution in [0.25, 0.3) is 0 Å². The van der Waals surface area contributed by atoms with E-state index in [1.807, 2.05) is 30.3 Å². The van der Waals surface area contributed by atoms with E-state index in [1.165, 1.54) is 6.54 Å². The van der Waals surface area contributed by atoms with Crippen molar-refractivity contribution < 1.29 is 4.74 Å². The van der Waals surface area contributed by atoms with Gasteiger partial charge in [0.05, 0.1) is 13.2 Å². The Morgan fingerprint density at radius 3 is 2.13 bits per heavy atom. The third-order valence-electron chi connectivity index (χ3n) is 2.28. The molecular formula is C12H18BrNO. The van der Waals surface area contributed by atoms with E-state index in [-0.39, 0.29) is 0 Å². The van der Waals surface area contributed by atoms with Crippen LogP contribution in [-0.4, -0.2) is 37.7 Å². The van der Waals surface area contributed by atoms with Crippen LogP contribution in [0.2, 0.25) is 0 Å². The Kier molecular flexibility index (Phi) is 6.64. The molecule has 1 fully saturated rings. The highest BCUT2D eigenvalue weighted by Crippen LogP contribution is 2.05. The van der Waals surface area contributed by atoms with Crippen molar-refractivity contribution >= 4 is 15.9 Å². The first-order valence-electron chi connectivity index (χ1n) is 5.33. The van der Waals surface area contributed by atoms with Crippen LogP contribution < -0.4 is 0 Å². The fraction of sp³-hybridized carbons (Fsp3) is 0.500. The van der Waals surface area contributed by atoms with Crippen molar-refractivity contribution in [3.8, 4) is 0 Å². The maximum atomic E-state index is 5.16. The average Bonchev–Trinajstić information content (AvgIpc) is 2.32. The zero-order chi connectivity index (χ0) is 10.9. The molecule has 3 heteroatoms. The van der Waals surface area contributed by atoms with Gasteiger partial charge in [0.2, 0.25) is 0 Å². The van der Waals surface area contributed by atoms with Gasteiger partial charge in [-0.25, -0.2) is 0 Å². The first-order chi connectivity index (χ1) is 7.33. The molecule has 2 rings (SSSR count). The fourth-order valence-corrected chi connectivity index (χ4v) is 1.64. The molecule has 1 aromatic carbocycles. The van der Waals surface area contributed by atoms with Crippen LogP contribution in [0.4, 0.5) is 0 Å². The molecule has 0 unspecified atom stereocenters. The molecule has 0 aromatic heterocycles. The Hall–Kier alpha value is -0.380. The van der Waals surface area contributed by atoms with E-state index in [1.54, 1.807) is 0 Å². The standard InChI is InChI=1S/C6H5Br.C6H13NO/c7-6-4-2-1-3-5-6;1-2-7-3-5-8-6-4-7/h1-5H;2-6H2,1H3. The molecule has 1 saturated heterocycles. The summed E-state index contributed by atoms with van der Waals surface area (Å²) in [5, 5.41) is 0. The van der Waals surface area contributed by atoms with E-state index in [0.29, 0.717) is 0 Å². The smallest absolute Gasteiger partial charge is 0.0594 e. The lowest BCUT2D eigenvalue weighted by Crippen LogP contribution is -2.35. The Bertz CT molecular complexity index is 247. The van der Waals surface area contributed by atoms with Crippen LogP contribution in [0.3, 0.4) is 0 Å². The molecule has 0 N–H and O–H groups in total. The molecule has 84 valence electrons. The van der Waals surface area contributed by atoms with Gasteiger partial charge in [-0.3, -0.25) is 4.90 Å². The van der Waals surface area contributed by atoms with Gasteiger partial charge >= 0.3 is 0 Å². The highest BCUT2D eigenvalue weighted by Gasteiger charge is 2.05. The third kappa shape index (κ3) is 5.92. The summed E-state index contributed by atoms with van der Waals surface area (Å²) in [6.45, 7) is 7.45. The number of likely N-dealkylation sites (N-methyl/N-ethyl adjacent to an activating group) is 1. The zero-order valence-corrected chi connectivity index (χ0v) is 10.7.